The van der Waals surface area contributed by atoms with Gasteiger partial charge in [-0.05, 0) is 37.3 Å². The standard InChI is InChI=1S/C15H21F3N2O2S.ClH/c1-11(19)12-6-8-20(9-7-12)23(21,22)10-13-4-2-3-5-14(13)15(16,17)18;/h2-5,11-12H,6-10,19H2,1H3;1H. The molecule has 9 heteroatoms. The van der Waals surface area contributed by atoms with Gasteiger partial charge in [0.2, 0.25) is 10.0 Å². The maximum absolute atomic E-state index is 13.0. The van der Waals surface area contributed by atoms with Crippen LogP contribution in [0, 0.1) is 5.92 Å². The molecule has 1 unspecified atom stereocenters. The molecule has 2 rings (SSSR count). The highest BCUT2D eigenvalue weighted by Crippen LogP contribution is 2.33. The molecule has 1 heterocycles. The Morgan fingerprint density at radius 1 is 1.25 bits per heavy atom. The summed E-state index contributed by atoms with van der Waals surface area (Å²) in [5, 5.41) is 0. The van der Waals surface area contributed by atoms with E-state index in [2.05, 4.69) is 0 Å². The highest BCUT2D eigenvalue weighted by atomic mass is 35.5. The van der Waals surface area contributed by atoms with E-state index in [9.17, 15) is 21.6 Å². The third-order valence-electron chi connectivity index (χ3n) is 4.30. The number of piperidine rings is 1. The number of hydrogen-bond acceptors (Lipinski definition) is 3. The lowest BCUT2D eigenvalue weighted by Gasteiger charge is -2.33. The van der Waals surface area contributed by atoms with Crippen molar-refractivity contribution in [1.29, 1.82) is 0 Å². The molecular formula is C15H22ClF3N2O2S. The lowest BCUT2D eigenvalue weighted by atomic mass is 9.92. The molecule has 4 nitrogen and oxygen atoms in total. The third-order valence-corrected chi connectivity index (χ3v) is 6.12. The van der Waals surface area contributed by atoms with E-state index in [1.54, 1.807) is 0 Å². The number of halogens is 4. The lowest BCUT2D eigenvalue weighted by Crippen LogP contribution is -2.43. The summed E-state index contributed by atoms with van der Waals surface area (Å²) in [6.07, 6.45) is -3.29. The maximum atomic E-state index is 13.0. The number of nitrogens with two attached hydrogens (primary N) is 1. The van der Waals surface area contributed by atoms with Crippen molar-refractivity contribution < 1.29 is 21.6 Å². The first-order chi connectivity index (χ1) is 10.6. The van der Waals surface area contributed by atoms with Gasteiger partial charge < -0.3 is 5.73 Å². The molecule has 1 aliphatic rings. The Balaban J connectivity index is 0.00000288. The summed E-state index contributed by atoms with van der Waals surface area (Å²) in [6, 6.07) is 4.79. The summed E-state index contributed by atoms with van der Waals surface area (Å²) >= 11 is 0. The molecule has 138 valence electrons. The molecule has 0 radical (unpaired) electrons. The molecule has 0 spiro atoms. The number of sulfonamides is 1. The van der Waals surface area contributed by atoms with Crippen LogP contribution in [-0.4, -0.2) is 31.9 Å². The Hall–Kier alpha value is -0.830. The van der Waals surface area contributed by atoms with Crippen LogP contribution < -0.4 is 5.73 Å². The van der Waals surface area contributed by atoms with Gasteiger partial charge in [-0.1, -0.05) is 18.2 Å². The molecule has 0 aliphatic carbocycles. The van der Waals surface area contributed by atoms with E-state index in [-0.39, 0.29) is 29.9 Å². The number of hydrogen-bond donors (Lipinski definition) is 1. The van der Waals surface area contributed by atoms with E-state index in [1.807, 2.05) is 6.92 Å². The van der Waals surface area contributed by atoms with Gasteiger partial charge in [0.15, 0.2) is 0 Å². The van der Waals surface area contributed by atoms with Crippen molar-refractivity contribution >= 4 is 22.4 Å². The highest BCUT2D eigenvalue weighted by molar-refractivity contribution is 7.88. The number of nitrogens with zero attached hydrogens (tertiary/aromatic N) is 1. The molecule has 1 saturated heterocycles. The molecule has 1 aromatic rings. The Bertz CT molecular complexity index is 642. The van der Waals surface area contributed by atoms with Crippen molar-refractivity contribution in [2.45, 2.75) is 37.7 Å². The van der Waals surface area contributed by atoms with E-state index in [0.29, 0.717) is 25.9 Å². The van der Waals surface area contributed by atoms with E-state index in [0.717, 1.165) is 6.07 Å². The van der Waals surface area contributed by atoms with Crippen LogP contribution in [0.2, 0.25) is 0 Å². The van der Waals surface area contributed by atoms with E-state index in [1.165, 1.54) is 22.5 Å². The first kappa shape index (κ1) is 21.2. The second-order valence-electron chi connectivity index (χ2n) is 6.01. The first-order valence-corrected chi connectivity index (χ1v) is 9.10. The summed E-state index contributed by atoms with van der Waals surface area (Å²) < 4.78 is 65.1. The summed E-state index contributed by atoms with van der Waals surface area (Å²) in [6.45, 7) is 2.50. The number of alkyl halides is 3. The molecule has 1 fully saturated rings. The zero-order chi connectivity index (χ0) is 17.3. The van der Waals surface area contributed by atoms with Gasteiger partial charge in [0.05, 0.1) is 11.3 Å². The van der Waals surface area contributed by atoms with Gasteiger partial charge in [0.25, 0.3) is 0 Å². The van der Waals surface area contributed by atoms with Gasteiger partial charge in [0.1, 0.15) is 0 Å². The van der Waals surface area contributed by atoms with E-state index < -0.39 is 27.5 Å². The van der Waals surface area contributed by atoms with Gasteiger partial charge in [0, 0.05) is 19.1 Å². The van der Waals surface area contributed by atoms with E-state index >= 15 is 0 Å². The average molecular weight is 387 g/mol. The number of benzene rings is 1. The molecule has 1 aromatic carbocycles. The van der Waals surface area contributed by atoms with Crippen LogP contribution in [0.15, 0.2) is 24.3 Å². The SMILES string of the molecule is CC(N)C1CCN(S(=O)(=O)Cc2ccccc2C(F)(F)F)CC1.Cl. The minimum Gasteiger partial charge on any atom is -0.328 e. The van der Waals surface area contributed by atoms with E-state index in [4.69, 9.17) is 5.73 Å². The van der Waals surface area contributed by atoms with Crippen molar-refractivity contribution in [3.05, 3.63) is 35.4 Å². The Morgan fingerprint density at radius 3 is 2.29 bits per heavy atom. The van der Waals surface area contributed by atoms with Crippen molar-refractivity contribution in [3.8, 4) is 0 Å². The fraction of sp³-hybridized carbons (Fsp3) is 0.600. The van der Waals surface area contributed by atoms with Crippen LogP contribution >= 0.6 is 12.4 Å². The summed E-state index contributed by atoms with van der Waals surface area (Å²) in [4.78, 5) is 0. The average Bonchev–Trinajstić information content (AvgIpc) is 2.46. The molecule has 2 N–H and O–H groups in total. The molecule has 0 saturated carbocycles. The second kappa shape index (κ2) is 8.03. The molecule has 0 amide bonds. The first-order valence-electron chi connectivity index (χ1n) is 7.50. The van der Waals surface area contributed by atoms with Gasteiger partial charge >= 0.3 is 6.18 Å². The fourth-order valence-electron chi connectivity index (χ4n) is 2.89. The maximum Gasteiger partial charge on any atom is 0.416 e. The van der Waals surface area contributed by atoms with Crippen LogP contribution in [0.5, 0.6) is 0 Å². The third kappa shape index (κ3) is 5.08. The summed E-state index contributed by atoms with van der Waals surface area (Å²) in [5.41, 5.74) is 4.71. The molecule has 1 aliphatic heterocycles. The minimum atomic E-state index is -4.56. The molecular weight excluding hydrogens is 365 g/mol. The zero-order valence-corrected chi connectivity index (χ0v) is 14.9. The second-order valence-corrected chi connectivity index (χ2v) is 7.98. The van der Waals surface area contributed by atoms with Crippen molar-refractivity contribution in [1.82, 2.24) is 4.31 Å². The molecule has 0 aromatic heterocycles. The van der Waals surface area contributed by atoms with Gasteiger partial charge in [-0.2, -0.15) is 13.2 Å². The highest BCUT2D eigenvalue weighted by Gasteiger charge is 2.36. The minimum absolute atomic E-state index is 0. The zero-order valence-electron chi connectivity index (χ0n) is 13.3. The van der Waals surface area contributed by atoms with Crippen LogP contribution in [0.4, 0.5) is 13.2 Å². The molecule has 24 heavy (non-hydrogen) atoms. The van der Waals surface area contributed by atoms with Gasteiger partial charge in [-0.25, -0.2) is 12.7 Å². The van der Waals surface area contributed by atoms with Crippen LogP contribution in [0.1, 0.15) is 30.9 Å². The Labute approximate surface area is 146 Å². The van der Waals surface area contributed by atoms with Crippen LogP contribution in [0.3, 0.4) is 0 Å². The fourth-order valence-corrected chi connectivity index (χ4v) is 4.48. The predicted octanol–water partition coefficient (Wildman–Crippen LogP) is 3.02. The topological polar surface area (TPSA) is 63.4 Å². The van der Waals surface area contributed by atoms with Gasteiger partial charge in [-0.3, -0.25) is 0 Å². The summed E-state index contributed by atoms with van der Waals surface area (Å²) in [5.74, 6) is -0.380. The van der Waals surface area contributed by atoms with Crippen LogP contribution in [0.25, 0.3) is 0 Å². The molecule has 1 atom stereocenters. The van der Waals surface area contributed by atoms with Gasteiger partial charge in [-0.15, -0.1) is 12.4 Å². The molecule has 0 bridgehead atoms. The quantitative estimate of drug-likeness (QED) is 0.865. The summed E-state index contributed by atoms with van der Waals surface area (Å²) in [7, 11) is -3.78. The van der Waals surface area contributed by atoms with Crippen molar-refractivity contribution in [2.24, 2.45) is 11.7 Å². The number of rotatable bonds is 4. The smallest absolute Gasteiger partial charge is 0.328 e. The monoisotopic (exact) mass is 386 g/mol. The van der Waals surface area contributed by atoms with Crippen molar-refractivity contribution in [2.75, 3.05) is 13.1 Å². The Kier molecular flexibility index (Phi) is 7.10. The lowest BCUT2D eigenvalue weighted by molar-refractivity contribution is -0.138. The largest absolute Gasteiger partial charge is 0.416 e. The van der Waals surface area contributed by atoms with Crippen LogP contribution in [-0.2, 0) is 22.0 Å². The normalized spacial score (nSPS) is 18.9. The predicted molar refractivity (Wildman–Crippen MR) is 89.3 cm³/mol. The Morgan fingerprint density at radius 2 is 1.79 bits per heavy atom. The van der Waals surface area contributed by atoms with Crippen molar-refractivity contribution in [3.63, 3.8) is 0 Å².